The van der Waals surface area contributed by atoms with Crippen molar-refractivity contribution in [1.29, 1.82) is 0 Å². The highest BCUT2D eigenvalue weighted by atomic mass is 35.5. The van der Waals surface area contributed by atoms with Gasteiger partial charge < -0.3 is 0 Å². The van der Waals surface area contributed by atoms with E-state index >= 15 is 0 Å². The third kappa shape index (κ3) is 5.62. The number of aryl methyl sites for hydroxylation is 1. The maximum atomic E-state index is 13.2. The van der Waals surface area contributed by atoms with Gasteiger partial charge in [0.05, 0.1) is 9.79 Å². The molecule has 0 radical (unpaired) electrons. The minimum absolute atomic E-state index is 0.109. The molecule has 0 aliphatic heterocycles. The van der Waals surface area contributed by atoms with Crippen LogP contribution in [0.15, 0.2) is 76.5 Å². The molecule has 12 heteroatoms. The van der Waals surface area contributed by atoms with Crippen molar-refractivity contribution in [3.8, 4) is 0 Å². The van der Waals surface area contributed by atoms with Crippen LogP contribution in [0.3, 0.4) is 0 Å². The molecule has 0 heterocycles. The first kappa shape index (κ1) is 23.7. The second kappa shape index (κ2) is 9.25. The van der Waals surface area contributed by atoms with Crippen molar-refractivity contribution in [1.82, 2.24) is 10.3 Å². The van der Waals surface area contributed by atoms with Gasteiger partial charge in [-0.05, 0) is 73.2 Å². The molecule has 8 nitrogen and oxygen atoms in total. The van der Waals surface area contributed by atoms with Crippen molar-refractivity contribution >= 4 is 43.2 Å². The number of carbonyl (C=O) groups excluding carboxylic acids is 1. The highest BCUT2D eigenvalue weighted by Crippen LogP contribution is 2.19. The summed E-state index contributed by atoms with van der Waals surface area (Å²) in [6, 6.07) is 14.1. The summed E-state index contributed by atoms with van der Waals surface area (Å²) in [5, 5.41) is 0.435. The number of sulfonamides is 2. The quantitative estimate of drug-likeness (QED) is 0.433. The molecular weight excluding hydrogens is 481 g/mol. The summed E-state index contributed by atoms with van der Waals surface area (Å²) >= 11 is 5.78. The molecule has 3 rings (SSSR count). The number of benzene rings is 3. The molecule has 168 valence electrons. The summed E-state index contributed by atoms with van der Waals surface area (Å²) in [4.78, 5) is 13.9. The van der Waals surface area contributed by atoms with E-state index in [0.717, 1.165) is 24.3 Å². The van der Waals surface area contributed by atoms with Crippen LogP contribution in [0.4, 0.5) is 10.1 Å². The number of carbonyl (C=O) groups is 1. The van der Waals surface area contributed by atoms with E-state index in [0.29, 0.717) is 5.02 Å². The largest absolute Gasteiger partial charge is 0.280 e. The Morgan fingerprint density at radius 1 is 0.906 bits per heavy atom. The first-order valence-electron chi connectivity index (χ1n) is 8.95. The van der Waals surface area contributed by atoms with Gasteiger partial charge in [-0.15, -0.1) is 4.83 Å². The fourth-order valence-electron chi connectivity index (χ4n) is 2.69. The number of rotatable bonds is 7. The predicted octanol–water partition coefficient (Wildman–Crippen LogP) is 3.21. The SMILES string of the molecule is Cc1cc(F)ccc1S(=O)(=O)NNC(=O)c1cccc(S(=O)(=O)Nc2ccc(Cl)cc2)c1. The van der Waals surface area contributed by atoms with Gasteiger partial charge in [-0.3, -0.25) is 14.9 Å². The molecule has 32 heavy (non-hydrogen) atoms. The molecule has 0 aliphatic rings. The Morgan fingerprint density at radius 3 is 2.25 bits per heavy atom. The zero-order chi connectivity index (χ0) is 23.5. The lowest BCUT2D eigenvalue weighted by molar-refractivity contribution is 0.0945. The minimum Gasteiger partial charge on any atom is -0.280 e. The fraction of sp³-hybridized carbons (Fsp3) is 0.0500. The van der Waals surface area contributed by atoms with E-state index in [-0.39, 0.29) is 26.6 Å². The number of halogens is 2. The van der Waals surface area contributed by atoms with Crippen LogP contribution in [-0.4, -0.2) is 22.7 Å². The van der Waals surface area contributed by atoms with Gasteiger partial charge in [0, 0.05) is 16.3 Å². The van der Waals surface area contributed by atoms with Gasteiger partial charge in [0.25, 0.3) is 26.0 Å². The van der Waals surface area contributed by atoms with Crippen molar-refractivity contribution in [2.75, 3.05) is 4.72 Å². The lowest BCUT2D eigenvalue weighted by Gasteiger charge is -2.12. The first-order chi connectivity index (χ1) is 15.0. The molecule has 0 aromatic heterocycles. The third-order valence-electron chi connectivity index (χ3n) is 4.23. The summed E-state index contributed by atoms with van der Waals surface area (Å²) in [6.45, 7) is 1.40. The van der Waals surface area contributed by atoms with Gasteiger partial charge in [-0.25, -0.2) is 21.2 Å². The molecule has 0 atom stereocenters. The van der Waals surface area contributed by atoms with Crippen molar-refractivity contribution in [3.05, 3.63) is 88.7 Å². The Labute approximate surface area is 189 Å². The maximum absolute atomic E-state index is 13.2. The molecule has 0 saturated heterocycles. The molecule has 0 fully saturated rings. The molecule has 0 unspecified atom stereocenters. The minimum atomic E-state index is -4.18. The Hall–Kier alpha value is -2.99. The summed E-state index contributed by atoms with van der Waals surface area (Å²) < 4.78 is 65.6. The molecule has 0 aliphatic carbocycles. The molecule has 3 aromatic rings. The summed E-state index contributed by atoms with van der Waals surface area (Å²) in [5.74, 6) is -1.49. The third-order valence-corrected chi connectivity index (χ3v) is 7.27. The number of anilines is 1. The summed E-state index contributed by atoms with van der Waals surface area (Å²) in [6.07, 6.45) is 0. The van der Waals surface area contributed by atoms with Gasteiger partial charge in [0.2, 0.25) is 0 Å². The van der Waals surface area contributed by atoms with Crippen LogP contribution in [0.25, 0.3) is 0 Å². The van der Waals surface area contributed by atoms with Crippen LogP contribution >= 0.6 is 11.6 Å². The summed E-state index contributed by atoms with van der Waals surface area (Å²) in [7, 11) is -8.21. The number of amides is 1. The number of nitrogens with one attached hydrogen (secondary N) is 3. The van der Waals surface area contributed by atoms with E-state index < -0.39 is 31.8 Å². The van der Waals surface area contributed by atoms with Crippen molar-refractivity contribution < 1.29 is 26.0 Å². The molecule has 0 spiro atoms. The number of hydrazine groups is 1. The molecule has 0 bridgehead atoms. The van der Waals surface area contributed by atoms with Gasteiger partial charge in [-0.2, -0.15) is 0 Å². The highest BCUT2D eigenvalue weighted by molar-refractivity contribution is 7.92. The molecule has 3 aromatic carbocycles. The Morgan fingerprint density at radius 2 is 1.59 bits per heavy atom. The normalized spacial score (nSPS) is 11.7. The van der Waals surface area contributed by atoms with E-state index in [1.807, 2.05) is 10.3 Å². The van der Waals surface area contributed by atoms with Gasteiger partial charge in [0.1, 0.15) is 5.82 Å². The number of hydrogen-bond acceptors (Lipinski definition) is 5. The molecule has 1 amide bonds. The van der Waals surface area contributed by atoms with Crippen molar-refractivity contribution in [3.63, 3.8) is 0 Å². The van der Waals surface area contributed by atoms with Crippen LogP contribution in [0, 0.1) is 12.7 Å². The topological polar surface area (TPSA) is 121 Å². The smallest absolute Gasteiger partial charge is 0.266 e. The molecular formula is C20H17ClFN3O5S2. The van der Waals surface area contributed by atoms with Gasteiger partial charge in [-0.1, -0.05) is 17.7 Å². The maximum Gasteiger partial charge on any atom is 0.266 e. The van der Waals surface area contributed by atoms with Crippen LogP contribution in [0.1, 0.15) is 15.9 Å². The van der Waals surface area contributed by atoms with Crippen molar-refractivity contribution in [2.45, 2.75) is 16.7 Å². The average molecular weight is 498 g/mol. The average Bonchev–Trinajstić information content (AvgIpc) is 2.73. The van der Waals surface area contributed by atoms with Gasteiger partial charge in [0.15, 0.2) is 0 Å². The lowest BCUT2D eigenvalue weighted by Crippen LogP contribution is -2.41. The Kier molecular flexibility index (Phi) is 6.84. The Balaban J connectivity index is 1.75. The van der Waals surface area contributed by atoms with Crippen molar-refractivity contribution in [2.24, 2.45) is 0 Å². The monoisotopic (exact) mass is 497 g/mol. The summed E-state index contributed by atoms with van der Waals surface area (Å²) in [5.41, 5.74) is 2.32. The fourth-order valence-corrected chi connectivity index (χ4v) is 4.99. The lowest BCUT2D eigenvalue weighted by atomic mass is 10.2. The predicted molar refractivity (Wildman–Crippen MR) is 118 cm³/mol. The standard InChI is InChI=1S/C20H17ClFN3O5S2/c1-13-11-16(22)7-10-19(13)32(29,30)25-23-20(26)14-3-2-4-18(12-14)31(27,28)24-17-8-5-15(21)6-9-17/h2-12,24-25H,1H3,(H,23,26). The zero-order valence-electron chi connectivity index (χ0n) is 16.5. The first-order valence-corrected chi connectivity index (χ1v) is 12.3. The Bertz CT molecular complexity index is 1380. The van der Waals surface area contributed by atoms with E-state index in [2.05, 4.69) is 4.72 Å². The molecule has 3 N–H and O–H groups in total. The molecule has 0 saturated carbocycles. The van der Waals surface area contributed by atoms with Crippen LogP contribution < -0.4 is 15.0 Å². The van der Waals surface area contributed by atoms with Crippen LogP contribution in [-0.2, 0) is 20.0 Å². The van der Waals surface area contributed by atoms with E-state index in [4.69, 9.17) is 11.6 Å². The van der Waals surface area contributed by atoms with E-state index in [1.165, 1.54) is 49.4 Å². The van der Waals surface area contributed by atoms with Gasteiger partial charge >= 0.3 is 0 Å². The highest BCUT2D eigenvalue weighted by Gasteiger charge is 2.20. The zero-order valence-corrected chi connectivity index (χ0v) is 18.9. The second-order valence-electron chi connectivity index (χ2n) is 6.61. The van der Waals surface area contributed by atoms with Crippen LogP contribution in [0.2, 0.25) is 5.02 Å². The number of hydrogen-bond donors (Lipinski definition) is 3. The van der Waals surface area contributed by atoms with Crippen LogP contribution in [0.5, 0.6) is 0 Å². The van der Waals surface area contributed by atoms with E-state index in [1.54, 1.807) is 0 Å². The van der Waals surface area contributed by atoms with E-state index in [9.17, 15) is 26.0 Å². The second-order valence-corrected chi connectivity index (χ2v) is 10.4.